The first-order chi connectivity index (χ1) is 10.2. The minimum Gasteiger partial charge on any atom is -0.496 e. The Bertz CT molecular complexity index is 494. The third-order valence-electron chi connectivity index (χ3n) is 4.85. The van der Waals surface area contributed by atoms with Crippen LogP contribution < -0.4 is 4.74 Å². The summed E-state index contributed by atoms with van der Waals surface area (Å²) in [6, 6.07) is 11.0. The van der Waals surface area contributed by atoms with Crippen LogP contribution in [0.15, 0.2) is 24.3 Å². The molecule has 0 N–H and O–H groups in total. The van der Waals surface area contributed by atoms with Crippen LogP contribution >= 0.6 is 0 Å². The maximum atomic E-state index is 9.43. The number of hydrogen-bond acceptors (Lipinski definition) is 3. The van der Waals surface area contributed by atoms with Crippen LogP contribution in [0.5, 0.6) is 5.75 Å². The average molecular weight is 286 g/mol. The molecule has 1 aliphatic rings. The lowest BCUT2D eigenvalue weighted by Gasteiger charge is -2.38. The van der Waals surface area contributed by atoms with Crippen molar-refractivity contribution < 1.29 is 4.74 Å². The summed E-state index contributed by atoms with van der Waals surface area (Å²) in [7, 11) is 3.85. The molecular formula is C18H26N2O. The number of nitriles is 1. The van der Waals surface area contributed by atoms with Crippen LogP contribution in [-0.2, 0) is 6.54 Å². The molecular weight excluding hydrogens is 260 g/mol. The molecule has 1 aromatic rings. The first kappa shape index (κ1) is 15.9. The van der Waals surface area contributed by atoms with E-state index in [1.54, 1.807) is 7.11 Å². The van der Waals surface area contributed by atoms with Crippen molar-refractivity contribution in [3.63, 3.8) is 0 Å². The van der Waals surface area contributed by atoms with E-state index in [0.717, 1.165) is 31.1 Å². The zero-order valence-electron chi connectivity index (χ0n) is 13.4. The summed E-state index contributed by atoms with van der Waals surface area (Å²) in [5.41, 5.74) is 1.19. The first-order valence-electron chi connectivity index (χ1n) is 7.91. The number of ether oxygens (including phenoxy) is 1. The Kier molecular flexibility index (Phi) is 5.64. The number of nitrogens with zero attached hydrogens (tertiary/aromatic N) is 2. The standard InChI is InChI=1S/C18H26N2O/c1-4-14-9-10-15(12-19)17(11-14)20(2)13-16-7-5-6-8-18(16)21-3/h5-8,14-15,17H,4,9-11,13H2,1-3H3. The van der Waals surface area contributed by atoms with Gasteiger partial charge in [0.25, 0.3) is 0 Å². The summed E-state index contributed by atoms with van der Waals surface area (Å²) in [5, 5.41) is 9.43. The van der Waals surface area contributed by atoms with Crippen molar-refractivity contribution in [1.82, 2.24) is 4.90 Å². The van der Waals surface area contributed by atoms with Gasteiger partial charge in [0.1, 0.15) is 5.75 Å². The van der Waals surface area contributed by atoms with Crippen LogP contribution in [0.1, 0.15) is 38.2 Å². The van der Waals surface area contributed by atoms with E-state index in [-0.39, 0.29) is 5.92 Å². The molecule has 0 radical (unpaired) electrons. The Labute approximate surface area is 128 Å². The molecule has 0 aromatic heterocycles. The molecule has 0 heterocycles. The molecule has 114 valence electrons. The number of hydrogen-bond donors (Lipinski definition) is 0. The Morgan fingerprint density at radius 3 is 2.76 bits per heavy atom. The van der Waals surface area contributed by atoms with Crippen LogP contribution in [0.25, 0.3) is 0 Å². The van der Waals surface area contributed by atoms with Crippen molar-refractivity contribution in [2.75, 3.05) is 14.2 Å². The number of methoxy groups -OCH3 is 1. The highest BCUT2D eigenvalue weighted by Gasteiger charge is 2.32. The molecule has 3 nitrogen and oxygen atoms in total. The van der Waals surface area contributed by atoms with Crippen LogP contribution in [0.3, 0.4) is 0 Å². The number of rotatable bonds is 5. The number of benzene rings is 1. The summed E-state index contributed by atoms with van der Waals surface area (Å²) in [5.74, 6) is 1.85. The second-order valence-electron chi connectivity index (χ2n) is 6.12. The van der Waals surface area contributed by atoms with Gasteiger partial charge in [0.2, 0.25) is 0 Å². The normalized spacial score (nSPS) is 25.6. The van der Waals surface area contributed by atoms with Gasteiger partial charge >= 0.3 is 0 Å². The van der Waals surface area contributed by atoms with Gasteiger partial charge in [-0.3, -0.25) is 4.90 Å². The maximum absolute atomic E-state index is 9.43. The van der Waals surface area contributed by atoms with E-state index in [4.69, 9.17) is 4.74 Å². The predicted molar refractivity (Wildman–Crippen MR) is 85.0 cm³/mol. The van der Waals surface area contributed by atoms with Gasteiger partial charge < -0.3 is 4.74 Å². The zero-order chi connectivity index (χ0) is 15.2. The summed E-state index contributed by atoms with van der Waals surface area (Å²) in [4.78, 5) is 2.34. The fourth-order valence-corrected chi connectivity index (χ4v) is 3.46. The highest BCUT2D eigenvalue weighted by atomic mass is 16.5. The molecule has 0 aliphatic heterocycles. The Morgan fingerprint density at radius 1 is 1.33 bits per heavy atom. The molecule has 0 spiro atoms. The van der Waals surface area contributed by atoms with Crippen LogP contribution in [0, 0.1) is 23.2 Å². The summed E-state index contributed by atoms with van der Waals surface area (Å²) in [6.45, 7) is 3.10. The first-order valence-corrected chi connectivity index (χ1v) is 7.91. The molecule has 21 heavy (non-hydrogen) atoms. The van der Waals surface area contributed by atoms with Gasteiger partial charge in [-0.15, -0.1) is 0 Å². The average Bonchev–Trinajstić information content (AvgIpc) is 2.54. The van der Waals surface area contributed by atoms with Crippen molar-refractivity contribution in [3.8, 4) is 11.8 Å². The minimum absolute atomic E-state index is 0.160. The van der Waals surface area contributed by atoms with Crippen molar-refractivity contribution in [3.05, 3.63) is 29.8 Å². The molecule has 1 aliphatic carbocycles. The predicted octanol–water partition coefficient (Wildman–Crippen LogP) is 3.85. The SMILES string of the molecule is CCC1CCC(C#N)C(N(C)Cc2ccccc2OC)C1. The van der Waals surface area contributed by atoms with Crippen molar-refractivity contribution in [2.24, 2.45) is 11.8 Å². The second-order valence-corrected chi connectivity index (χ2v) is 6.12. The lowest BCUT2D eigenvalue weighted by molar-refractivity contribution is 0.117. The highest BCUT2D eigenvalue weighted by molar-refractivity contribution is 5.33. The number of para-hydroxylation sites is 1. The monoisotopic (exact) mass is 286 g/mol. The minimum atomic E-state index is 0.160. The lowest BCUT2D eigenvalue weighted by atomic mass is 9.77. The van der Waals surface area contributed by atoms with Crippen LogP contribution in [-0.4, -0.2) is 25.1 Å². The van der Waals surface area contributed by atoms with Gasteiger partial charge in [-0.25, -0.2) is 0 Å². The quantitative estimate of drug-likeness (QED) is 0.825. The molecule has 1 aromatic carbocycles. The van der Waals surface area contributed by atoms with Gasteiger partial charge in [-0.1, -0.05) is 31.5 Å². The maximum Gasteiger partial charge on any atom is 0.123 e. The third-order valence-corrected chi connectivity index (χ3v) is 4.85. The fourth-order valence-electron chi connectivity index (χ4n) is 3.46. The Hall–Kier alpha value is -1.53. The molecule has 0 bridgehead atoms. The van der Waals surface area contributed by atoms with E-state index >= 15 is 0 Å². The largest absolute Gasteiger partial charge is 0.496 e. The molecule has 1 fully saturated rings. The van der Waals surface area contributed by atoms with Gasteiger partial charge in [-0.2, -0.15) is 5.26 Å². The Balaban J connectivity index is 2.10. The van der Waals surface area contributed by atoms with E-state index in [1.807, 2.05) is 18.2 Å². The fraction of sp³-hybridized carbons (Fsp3) is 0.611. The van der Waals surface area contributed by atoms with Crippen molar-refractivity contribution in [2.45, 2.75) is 45.2 Å². The van der Waals surface area contributed by atoms with Crippen LogP contribution in [0.2, 0.25) is 0 Å². The van der Waals surface area contributed by atoms with E-state index in [2.05, 4.69) is 31.0 Å². The van der Waals surface area contributed by atoms with Crippen LogP contribution in [0.4, 0.5) is 0 Å². The molecule has 0 saturated heterocycles. The smallest absolute Gasteiger partial charge is 0.123 e. The molecule has 1 saturated carbocycles. The van der Waals surface area contributed by atoms with E-state index in [0.29, 0.717) is 6.04 Å². The zero-order valence-corrected chi connectivity index (χ0v) is 13.4. The Morgan fingerprint density at radius 2 is 2.10 bits per heavy atom. The second kappa shape index (κ2) is 7.47. The summed E-state index contributed by atoms with van der Waals surface area (Å²) in [6.07, 6.45) is 4.60. The van der Waals surface area contributed by atoms with Gasteiger partial charge in [0.05, 0.1) is 19.1 Å². The molecule has 2 rings (SSSR count). The third kappa shape index (κ3) is 3.77. The van der Waals surface area contributed by atoms with Gasteiger partial charge in [0.15, 0.2) is 0 Å². The van der Waals surface area contributed by atoms with E-state index in [9.17, 15) is 5.26 Å². The highest BCUT2D eigenvalue weighted by Crippen LogP contribution is 2.34. The summed E-state index contributed by atoms with van der Waals surface area (Å²) >= 11 is 0. The van der Waals surface area contributed by atoms with E-state index in [1.165, 1.54) is 18.4 Å². The van der Waals surface area contributed by atoms with E-state index < -0.39 is 0 Å². The topological polar surface area (TPSA) is 36.3 Å². The lowest BCUT2D eigenvalue weighted by Crippen LogP contribution is -2.41. The summed E-state index contributed by atoms with van der Waals surface area (Å²) < 4.78 is 5.44. The van der Waals surface area contributed by atoms with Gasteiger partial charge in [-0.05, 0) is 38.3 Å². The van der Waals surface area contributed by atoms with Gasteiger partial charge in [0, 0.05) is 18.2 Å². The molecule has 3 unspecified atom stereocenters. The van der Waals surface area contributed by atoms with Crippen molar-refractivity contribution >= 4 is 0 Å². The molecule has 0 amide bonds. The van der Waals surface area contributed by atoms with Crippen molar-refractivity contribution in [1.29, 1.82) is 5.26 Å². The molecule has 3 atom stereocenters. The molecule has 3 heteroatoms.